The van der Waals surface area contributed by atoms with Crippen molar-refractivity contribution in [3.8, 4) is 0 Å². The van der Waals surface area contributed by atoms with Crippen molar-refractivity contribution in [2.24, 2.45) is 0 Å². The lowest BCUT2D eigenvalue weighted by atomic mass is 10.2. The van der Waals surface area contributed by atoms with Gasteiger partial charge in [0.2, 0.25) is 0 Å². The zero-order chi connectivity index (χ0) is 18.8. The number of carbonyl (C=O) groups excluding carboxylic acids is 2. The van der Waals surface area contributed by atoms with Gasteiger partial charge in [-0.3, -0.25) is 4.98 Å². The molecule has 0 radical (unpaired) electrons. The average molecular weight is 354 g/mol. The molecule has 7 heteroatoms. The van der Waals surface area contributed by atoms with Crippen LogP contribution in [0, 0.1) is 13.5 Å². The highest BCUT2D eigenvalue weighted by atomic mass is 32.1. The molecule has 1 aromatic heterocycles. The molecule has 0 saturated heterocycles. The Bertz CT molecular complexity index is 794. The number of anilines is 2. The van der Waals surface area contributed by atoms with Gasteiger partial charge >= 0.3 is 6.15 Å². The molecule has 0 aliphatic heterocycles. The Hall–Kier alpha value is -3.07. The summed E-state index contributed by atoms with van der Waals surface area (Å²) in [6, 6.07) is 9.68. The highest BCUT2D eigenvalue weighted by Crippen LogP contribution is 2.23. The molecule has 0 fully saturated rings. The minimum Gasteiger partial charge on any atom is -0.332 e. The second kappa shape index (κ2) is 9.93. The van der Waals surface area contributed by atoms with Crippen molar-refractivity contribution in [2.45, 2.75) is 26.8 Å². The van der Waals surface area contributed by atoms with Crippen molar-refractivity contribution in [1.82, 2.24) is 4.98 Å². The summed E-state index contributed by atoms with van der Waals surface area (Å²) in [5, 5.41) is 3.85. The van der Waals surface area contributed by atoms with Crippen LogP contribution >= 0.6 is 12.2 Å². The Labute approximate surface area is 152 Å². The first-order chi connectivity index (χ1) is 11.9. The summed E-state index contributed by atoms with van der Waals surface area (Å²) >= 11 is 5.55. The fraction of sp³-hybridized carbons (Fsp3) is 0.222. The molecule has 0 bridgehead atoms. The van der Waals surface area contributed by atoms with Crippen molar-refractivity contribution in [2.75, 3.05) is 10.2 Å². The zero-order valence-electron chi connectivity index (χ0n) is 14.2. The number of thiocarbonyl (C=S) groups is 1. The lowest BCUT2D eigenvalue weighted by Gasteiger charge is -2.29. The van der Waals surface area contributed by atoms with Crippen molar-refractivity contribution < 1.29 is 9.59 Å². The lowest BCUT2D eigenvalue weighted by Crippen LogP contribution is -2.40. The number of aryl methyl sites for hydroxylation is 1. The number of nitrogens with one attached hydrogen (secondary N) is 1. The Morgan fingerprint density at radius 1 is 1.36 bits per heavy atom. The number of nitrogens with zero attached hydrogens (tertiary/aromatic N) is 3. The number of rotatable bonds is 3. The van der Waals surface area contributed by atoms with Gasteiger partial charge < -0.3 is 10.2 Å². The molecule has 1 N–H and O–H groups in total. The van der Waals surface area contributed by atoms with E-state index in [1.165, 1.54) is 0 Å². The van der Waals surface area contributed by atoms with E-state index < -0.39 is 0 Å². The summed E-state index contributed by atoms with van der Waals surface area (Å²) in [5.41, 5.74) is 3.42. The van der Waals surface area contributed by atoms with E-state index in [-0.39, 0.29) is 12.2 Å². The largest absolute Gasteiger partial charge is 0.373 e. The smallest absolute Gasteiger partial charge is 0.332 e. The minimum atomic E-state index is 0.202. The van der Waals surface area contributed by atoms with Gasteiger partial charge in [0.1, 0.15) is 0 Å². The van der Waals surface area contributed by atoms with Crippen LogP contribution in [0.1, 0.15) is 19.4 Å². The standard InChI is InChI=1S/C17H18N4S.CO2/c1-12(2)21(15-6-5-9-19-11-15)17(22)20-14-7-8-16(18-4)13(3)10-14;2-1-3/h5-12H,1-3H3,(H,20,22);. The summed E-state index contributed by atoms with van der Waals surface area (Å²) in [4.78, 5) is 25.9. The number of benzene rings is 1. The quantitative estimate of drug-likeness (QED) is 0.664. The highest BCUT2D eigenvalue weighted by molar-refractivity contribution is 7.80. The van der Waals surface area contributed by atoms with Crippen molar-refractivity contribution >= 4 is 40.5 Å². The van der Waals surface area contributed by atoms with E-state index >= 15 is 0 Å². The van der Waals surface area contributed by atoms with Crippen LogP contribution in [0.2, 0.25) is 0 Å². The monoisotopic (exact) mass is 354 g/mol. The Kier molecular flexibility index (Phi) is 7.94. The predicted molar refractivity (Wildman–Crippen MR) is 101 cm³/mol. The molecule has 0 unspecified atom stereocenters. The SMILES string of the molecule is O=C=O.[C-]#[N+]c1ccc(NC(=S)N(c2cccnc2)C(C)C)cc1C. The molecule has 25 heavy (non-hydrogen) atoms. The van der Waals surface area contributed by atoms with E-state index in [0.717, 1.165) is 16.9 Å². The van der Waals surface area contributed by atoms with Gasteiger partial charge in [0, 0.05) is 17.9 Å². The van der Waals surface area contributed by atoms with Gasteiger partial charge in [0.15, 0.2) is 10.8 Å². The van der Waals surface area contributed by atoms with E-state index in [1.54, 1.807) is 18.5 Å². The van der Waals surface area contributed by atoms with Crippen molar-refractivity contribution in [3.05, 3.63) is 59.7 Å². The minimum absolute atomic E-state index is 0.202. The molecule has 128 valence electrons. The molecule has 0 aliphatic rings. The number of hydrogen-bond acceptors (Lipinski definition) is 4. The van der Waals surface area contributed by atoms with Crippen LogP contribution in [0.3, 0.4) is 0 Å². The summed E-state index contributed by atoms with van der Waals surface area (Å²) in [6.45, 7) is 13.2. The Morgan fingerprint density at radius 3 is 2.52 bits per heavy atom. The molecular weight excluding hydrogens is 336 g/mol. The fourth-order valence-corrected chi connectivity index (χ4v) is 2.62. The Morgan fingerprint density at radius 2 is 2.04 bits per heavy atom. The predicted octanol–water partition coefficient (Wildman–Crippen LogP) is 3.97. The highest BCUT2D eigenvalue weighted by Gasteiger charge is 2.16. The molecule has 6 nitrogen and oxygen atoms in total. The third-order valence-electron chi connectivity index (χ3n) is 3.23. The topological polar surface area (TPSA) is 66.7 Å². The molecule has 2 aromatic rings. The van der Waals surface area contributed by atoms with E-state index in [9.17, 15) is 0 Å². The summed E-state index contributed by atoms with van der Waals surface area (Å²) in [6.07, 6.45) is 3.78. The summed E-state index contributed by atoms with van der Waals surface area (Å²) in [5.74, 6) is 0. The van der Waals surface area contributed by atoms with E-state index in [1.807, 2.05) is 36.1 Å². The molecule has 1 aromatic carbocycles. The third kappa shape index (κ3) is 5.81. The molecule has 0 amide bonds. The molecule has 2 rings (SSSR count). The van der Waals surface area contributed by atoms with Crippen LogP contribution in [-0.4, -0.2) is 22.3 Å². The first kappa shape index (κ1) is 20.0. The van der Waals surface area contributed by atoms with Crippen LogP contribution < -0.4 is 10.2 Å². The number of aromatic nitrogens is 1. The van der Waals surface area contributed by atoms with Gasteiger partial charge in [-0.25, -0.2) is 4.85 Å². The first-order valence-corrected chi connectivity index (χ1v) is 7.83. The second-order valence-corrected chi connectivity index (χ2v) is 5.69. The van der Waals surface area contributed by atoms with Crippen LogP contribution in [0.25, 0.3) is 4.85 Å². The van der Waals surface area contributed by atoms with Crippen LogP contribution in [-0.2, 0) is 9.59 Å². The molecule has 0 aliphatic carbocycles. The van der Waals surface area contributed by atoms with Gasteiger partial charge in [0.05, 0.1) is 18.5 Å². The van der Waals surface area contributed by atoms with Crippen LogP contribution in [0.4, 0.5) is 17.1 Å². The van der Waals surface area contributed by atoms with E-state index in [0.29, 0.717) is 10.8 Å². The maximum absolute atomic E-state index is 8.12. The number of pyridine rings is 1. The van der Waals surface area contributed by atoms with Gasteiger partial charge in [0.25, 0.3) is 0 Å². The van der Waals surface area contributed by atoms with Crippen molar-refractivity contribution in [3.63, 3.8) is 0 Å². The number of hydrogen-bond donors (Lipinski definition) is 1. The molecule has 0 saturated carbocycles. The van der Waals surface area contributed by atoms with E-state index in [2.05, 4.69) is 29.0 Å². The fourth-order valence-electron chi connectivity index (χ4n) is 2.19. The lowest BCUT2D eigenvalue weighted by molar-refractivity contribution is -0.191. The van der Waals surface area contributed by atoms with Gasteiger partial charge in [-0.2, -0.15) is 9.59 Å². The van der Waals surface area contributed by atoms with E-state index in [4.69, 9.17) is 28.4 Å². The average Bonchev–Trinajstić information content (AvgIpc) is 2.56. The summed E-state index contributed by atoms with van der Waals surface area (Å²) < 4.78 is 0. The first-order valence-electron chi connectivity index (χ1n) is 7.42. The third-order valence-corrected chi connectivity index (χ3v) is 3.53. The molecule has 0 atom stereocenters. The normalized spacial score (nSPS) is 9.24. The van der Waals surface area contributed by atoms with Crippen molar-refractivity contribution in [1.29, 1.82) is 0 Å². The van der Waals surface area contributed by atoms with Gasteiger partial charge in [-0.15, -0.1) is 0 Å². The zero-order valence-corrected chi connectivity index (χ0v) is 15.0. The molecule has 0 spiro atoms. The Balaban J connectivity index is 0.000000970. The van der Waals surface area contributed by atoms with Crippen LogP contribution in [0.5, 0.6) is 0 Å². The summed E-state index contributed by atoms with van der Waals surface area (Å²) in [7, 11) is 0. The van der Waals surface area contributed by atoms with Gasteiger partial charge in [-0.1, -0.05) is 6.07 Å². The molecular formula is C18H18N4O2S. The second-order valence-electron chi connectivity index (χ2n) is 5.30. The van der Waals surface area contributed by atoms with Crippen LogP contribution in [0.15, 0.2) is 42.7 Å². The maximum atomic E-state index is 8.12. The maximum Gasteiger partial charge on any atom is 0.373 e. The van der Waals surface area contributed by atoms with Gasteiger partial charge in [-0.05, 0) is 62.8 Å². The molecule has 1 heterocycles.